The number of hydrogen-bond donors (Lipinski definition) is 2. The van der Waals surface area contributed by atoms with Gasteiger partial charge in [0.25, 0.3) is 0 Å². The van der Waals surface area contributed by atoms with Crippen molar-refractivity contribution < 1.29 is 36.7 Å². The maximum atomic E-state index is 13.8. The van der Waals surface area contributed by atoms with Gasteiger partial charge in [-0.15, -0.1) is 0 Å². The van der Waals surface area contributed by atoms with Crippen LogP contribution in [0.25, 0.3) is 11.3 Å². The SMILES string of the molecule is CS(=O)(=O)c1c(F)cc(-c2cc(C(=O)O)no2)c(O)c1F. The molecule has 0 unspecified atom stereocenters. The third-order valence-electron chi connectivity index (χ3n) is 2.52. The number of nitrogens with zero attached hydrogens (tertiary/aromatic N) is 1. The largest absolute Gasteiger partial charge is 0.504 e. The van der Waals surface area contributed by atoms with Crippen LogP contribution in [0.2, 0.25) is 0 Å². The Kier molecular flexibility index (Phi) is 3.41. The number of benzene rings is 1. The smallest absolute Gasteiger partial charge is 0.358 e. The van der Waals surface area contributed by atoms with E-state index in [2.05, 4.69) is 9.68 Å². The average Bonchev–Trinajstić information content (AvgIpc) is 2.81. The number of rotatable bonds is 3. The van der Waals surface area contributed by atoms with Crippen LogP contribution >= 0.6 is 0 Å². The summed E-state index contributed by atoms with van der Waals surface area (Å²) in [6.07, 6.45) is 0.574. The summed E-state index contributed by atoms with van der Waals surface area (Å²) in [5, 5.41) is 21.4. The molecule has 21 heavy (non-hydrogen) atoms. The lowest BCUT2D eigenvalue weighted by atomic mass is 10.1. The van der Waals surface area contributed by atoms with Crippen LogP contribution in [0.1, 0.15) is 10.5 Å². The lowest BCUT2D eigenvalue weighted by Gasteiger charge is -2.07. The Balaban J connectivity index is 2.69. The highest BCUT2D eigenvalue weighted by Gasteiger charge is 2.27. The Bertz CT molecular complexity index is 843. The van der Waals surface area contributed by atoms with Gasteiger partial charge in [0.15, 0.2) is 32.9 Å². The predicted octanol–water partition coefficient (Wildman–Crippen LogP) is 1.43. The first kappa shape index (κ1) is 14.9. The average molecular weight is 319 g/mol. The van der Waals surface area contributed by atoms with Crippen molar-refractivity contribution in [2.24, 2.45) is 0 Å². The minimum absolute atomic E-state index is 0.428. The molecule has 1 aromatic heterocycles. The molecular formula is C11H7F2NO6S. The fourth-order valence-corrected chi connectivity index (χ4v) is 2.46. The highest BCUT2D eigenvalue weighted by Crippen LogP contribution is 2.36. The molecule has 1 heterocycles. The number of carboxylic acid groups (broad SMARTS) is 1. The van der Waals surface area contributed by atoms with E-state index in [-0.39, 0.29) is 0 Å². The number of phenolic OH excluding ortho intramolecular Hbond substituents is 1. The summed E-state index contributed by atoms with van der Waals surface area (Å²) < 4.78 is 54.6. The zero-order valence-corrected chi connectivity index (χ0v) is 11.1. The Morgan fingerprint density at radius 3 is 2.43 bits per heavy atom. The molecule has 0 aliphatic carbocycles. The normalized spacial score (nSPS) is 11.6. The van der Waals surface area contributed by atoms with Crippen molar-refractivity contribution in [3.8, 4) is 17.1 Å². The van der Waals surface area contributed by atoms with Crippen molar-refractivity contribution >= 4 is 15.8 Å². The third-order valence-corrected chi connectivity index (χ3v) is 3.63. The van der Waals surface area contributed by atoms with E-state index in [1.165, 1.54) is 0 Å². The first-order chi connectivity index (χ1) is 9.62. The summed E-state index contributed by atoms with van der Waals surface area (Å²) in [5.41, 5.74) is -1.10. The van der Waals surface area contributed by atoms with E-state index in [0.29, 0.717) is 12.3 Å². The van der Waals surface area contributed by atoms with Crippen molar-refractivity contribution in [2.45, 2.75) is 4.90 Å². The molecule has 0 saturated heterocycles. The van der Waals surface area contributed by atoms with Crippen LogP contribution in [0.3, 0.4) is 0 Å². The molecule has 10 heteroatoms. The highest BCUT2D eigenvalue weighted by atomic mass is 32.2. The Hall–Kier alpha value is -2.49. The van der Waals surface area contributed by atoms with Crippen LogP contribution in [-0.2, 0) is 9.84 Å². The van der Waals surface area contributed by atoms with Gasteiger partial charge in [-0.05, 0) is 6.07 Å². The van der Waals surface area contributed by atoms with Crippen molar-refractivity contribution in [2.75, 3.05) is 6.26 Å². The van der Waals surface area contributed by atoms with Crippen molar-refractivity contribution in [1.29, 1.82) is 0 Å². The lowest BCUT2D eigenvalue weighted by molar-refractivity contribution is 0.0685. The van der Waals surface area contributed by atoms with Crippen LogP contribution < -0.4 is 0 Å². The number of aromatic carboxylic acids is 1. The van der Waals surface area contributed by atoms with Gasteiger partial charge in [0.05, 0.1) is 5.56 Å². The molecule has 0 radical (unpaired) electrons. The monoisotopic (exact) mass is 319 g/mol. The van der Waals surface area contributed by atoms with Crippen LogP contribution in [0.4, 0.5) is 8.78 Å². The zero-order valence-electron chi connectivity index (χ0n) is 10.3. The molecule has 2 rings (SSSR count). The van der Waals surface area contributed by atoms with E-state index in [1.807, 2.05) is 0 Å². The quantitative estimate of drug-likeness (QED) is 0.878. The molecule has 0 aliphatic heterocycles. The molecule has 0 aliphatic rings. The molecule has 2 aromatic rings. The number of halogens is 2. The fourth-order valence-electron chi connectivity index (χ4n) is 1.62. The highest BCUT2D eigenvalue weighted by molar-refractivity contribution is 7.90. The van der Waals surface area contributed by atoms with E-state index < -0.39 is 55.1 Å². The number of phenols is 1. The number of aromatic hydroxyl groups is 1. The van der Waals surface area contributed by atoms with Gasteiger partial charge in [-0.1, -0.05) is 5.16 Å². The lowest BCUT2D eigenvalue weighted by Crippen LogP contribution is -2.05. The third kappa shape index (κ3) is 2.57. The van der Waals surface area contributed by atoms with Crippen LogP contribution in [-0.4, -0.2) is 36.0 Å². The van der Waals surface area contributed by atoms with Crippen molar-refractivity contribution in [3.63, 3.8) is 0 Å². The fraction of sp³-hybridized carbons (Fsp3) is 0.0909. The van der Waals surface area contributed by atoms with E-state index >= 15 is 0 Å². The van der Waals surface area contributed by atoms with Crippen molar-refractivity contribution in [3.05, 3.63) is 29.5 Å². The molecule has 2 N–H and O–H groups in total. The van der Waals surface area contributed by atoms with Gasteiger partial charge in [-0.2, -0.15) is 0 Å². The van der Waals surface area contributed by atoms with Crippen LogP contribution in [0, 0.1) is 11.6 Å². The van der Waals surface area contributed by atoms with E-state index in [1.54, 1.807) is 0 Å². The van der Waals surface area contributed by atoms with Gasteiger partial charge in [0.1, 0.15) is 10.7 Å². The summed E-state index contributed by atoms with van der Waals surface area (Å²) in [5.74, 6) is -6.21. The zero-order chi connectivity index (χ0) is 15.9. The van der Waals surface area contributed by atoms with Crippen molar-refractivity contribution in [1.82, 2.24) is 5.16 Å². The first-order valence-electron chi connectivity index (χ1n) is 5.24. The standard InChI is InChI=1S/C11H7F2NO6S/c1-21(18,19)10-5(12)2-4(9(15)8(10)13)7-3-6(11(16)17)14-20-7/h2-3,15H,1H3,(H,16,17). The number of aromatic nitrogens is 1. The van der Waals surface area contributed by atoms with E-state index in [9.17, 15) is 27.1 Å². The molecule has 7 nitrogen and oxygen atoms in total. The molecule has 0 bridgehead atoms. The van der Waals surface area contributed by atoms with E-state index in [4.69, 9.17) is 5.11 Å². The number of carboxylic acids is 1. The summed E-state index contributed by atoms with van der Waals surface area (Å²) in [7, 11) is -4.24. The maximum Gasteiger partial charge on any atom is 0.358 e. The van der Waals surface area contributed by atoms with Gasteiger partial charge in [-0.3, -0.25) is 0 Å². The molecule has 0 saturated carbocycles. The molecule has 1 aromatic carbocycles. The number of carbonyl (C=O) groups is 1. The summed E-state index contributed by atoms with van der Waals surface area (Å²) in [4.78, 5) is 9.35. The van der Waals surface area contributed by atoms with E-state index in [0.717, 1.165) is 6.07 Å². The Labute approximate surface area is 116 Å². The first-order valence-corrected chi connectivity index (χ1v) is 7.13. The number of hydrogen-bond acceptors (Lipinski definition) is 6. The summed E-state index contributed by atoms with van der Waals surface area (Å²) in [6.45, 7) is 0. The predicted molar refractivity (Wildman–Crippen MR) is 63.6 cm³/mol. The van der Waals surface area contributed by atoms with Gasteiger partial charge >= 0.3 is 5.97 Å². The molecule has 112 valence electrons. The number of sulfone groups is 1. The second-order valence-electron chi connectivity index (χ2n) is 4.05. The molecule has 0 spiro atoms. The topological polar surface area (TPSA) is 118 Å². The van der Waals surface area contributed by atoms with Gasteiger partial charge in [0.2, 0.25) is 0 Å². The Morgan fingerprint density at radius 1 is 1.33 bits per heavy atom. The summed E-state index contributed by atoms with van der Waals surface area (Å²) >= 11 is 0. The second kappa shape index (κ2) is 4.81. The van der Waals surface area contributed by atoms with Crippen LogP contribution in [0.5, 0.6) is 5.75 Å². The van der Waals surface area contributed by atoms with Crippen LogP contribution in [0.15, 0.2) is 21.6 Å². The molecule has 0 atom stereocenters. The Morgan fingerprint density at radius 2 is 1.95 bits per heavy atom. The molecule has 0 amide bonds. The minimum Gasteiger partial charge on any atom is -0.504 e. The maximum absolute atomic E-state index is 13.8. The second-order valence-corrected chi connectivity index (χ2v) is 6.00. The summed E-state index contributed by atoms with van der Waals surface area (Å²) in [6, 6.07) is 1.34. The minimum atomic E-state index is -4.24. The van der Waals surface area contributed by atoms with Gasteiger partial charge in [-0.25, -0.2) is 22.0 Å². The molecule has 0 fully saturated rings. The van der Waals surface area contributed by atoms with Gasteiger partial charge in [0, 0.05) is 12.3 Å². The van der Waals surface area contributed by atoms with Gasteiger partial charge < -0.3 is 14.7 Å². The molecular weight excluding hydrogens is 312 g/mol.